The zero-order valence-corrected chi connectivity index (χ0v) is 23.4. The Bertz CT molecular complexity index is 1280. The molecule has 9 heteroatoms. The molecular weight excluding hydrogens is 502 g/mol. The number of hydrogen-bond donors (Lipinski definition) is 1. The fourth-order valence-electron chi connectivity index (χ4n) is 5.40. The number of nitrogens with one attached hydrogen (secondary N) is 1. The summed E-state index contributed by atoms with van der Waals surface area (Å²) in [6.07, 6.45) is 10.8. The van der Waals surface area contributed by atoms with Gasteiger partial charge in [-0.25, -0.2) is 4.98 Å². The Morgan fingerprint density at radius 3 is 2.52 bits per heavy atom. The summed E-state index contributed by atoms with van der Waals surface area (Å²) in [4.78, 5) is 41.7. The van der Waals surface area contributed by atoms with Crippen LogP contribution in [0.2, 0.25) is 0 Å². The highest BCUT2D eigenvalue weighted by molar-refractivity contribution is 5.87. The van der Waals surface area contributed by atoms with Crippen molar-refractivity contribution in [1.29, 1.82) is 0 Å². The molecule has 0 radical (unpaired) electrons. The van der Waals surface area contributed by atoms with E-state index in [1.165, 1.54) is 6.08 Å². The minimum atomic E-state index is 0.000248. The van der Waals surface area contributed by atoms with E-state index in [1.807, 2.05) is 40.3 Å². The summed E-state index contributed by atoms with van der Waals surface area (Å²) >= 11 is 0. The lowest BCUT2D eigenvalue weighted by molar-refractivity contribution is -0.132. The molecule has 0 unspecified atom stereocenters. The molecule has 40 heavy (non-hydrogen) atoms. The van der Waals surface area contributed by atoms with Gasteiger partial charge in [-0.1, -0.05) is 26.5 Å². The lowest BCUT2D eigenvalue weighted by Crippen LogP contribution is -2.50. The maximum atomic E-state index is 12.3. The molecule has 210 valence electrons. The van der Waals surface area contributed by atoms with Crippen LogP contribution in [0.1, 0.15) is 38.2 Å². The Hall–Kier alpha value is -4.14. The van der Waals surface area contributed by atoms with E-state index in [9.17, 15) is 9.59 Å². The third kappa shape index (κ3) is 6.19. The summed E-state index contributed by atoms with van der Waals surface area (Å²) in [6.45, 7) is 15.5. The van der Waals surface area contributed by atoms with Crippen LogP contribution in [0.25, 0.3) is 6.08 Å². The normalized spacial score (nSPS) is 17.0. The van der Waals surface area contributed by atoms with Gasteiger partial charge in [0.1, 0.15) is 5.82 Å². The van der Waals surface area contributed by atoms with Gasteiger partial charge in [-0.3, -0.25) is 9.59 Å². The minimum absolute atomic E-state index is 0.000248. The van der Waals surface area contributed by atoms with Crippen molar-refractivity contribution in [3.8, 4) is 0 Å². The number of allylic oxidation sites excluding steroid dienone is 1. The Balaban J connectivity index is 1.17. The number of amides is 2. The molecule has 5 rings (SSSR count). The first-order chi connectivity index (χ1) is 19.4. The zero-order valence-electron chi connectivity index (χ0n) is 23.4. The maximum absolute atomic E-state index is 12.3. The molecule has 2 aromatic rings. The van der Waals surface area contributed by atoms with Gasteiger partial charge in [-0.05, 0) is 61.3 Å². The second-order valence-electron chi connectivity index (χ2n) is 10.7. The zero-order chi connectivity index (χ0) is 28.1. The van der Waals surface area contributed by atoms with Gasteiger partial charge in [0, 0.05) is 81.1 Å². The van der Waals surface area contributed by atoms with Gasteiger partial charge in [-0.15, -0.1) is 0 Å². The van der Waals surface area contributed by atoms with Crippen LogP contribution in [0.4, 0.5) is 23.1 Å². The SMILES string of the molecule is C=CC(=O)N1CC(CCN2C(=C)C=Cc3cnc(Nc4ccc(N5CCN(C(=O)CCCC)CC5)cc4)nc32)C1. The van der Waals surface area contributed by atoms with E-state index in [2.05, 4.69) is 52.3 Å². The van der Waals surface area contributed by atoms with Crippen molar-refractivity contribution >= 4 is 41.0 Å². The van der Waals surface area contributed by atoms with Gasteiger partial charge in [0.15, 0.2) is 0 Å². The van der Waals surface area contributed by atoms with Crippen molar-refractivity contribution in [2.45, 2.75) is 32.6 Å². The molecule has 0 atom stereocenters. The number of fused-ring (bicyclic) bond motifs is 1. The average Bonchev–Trinajstić information content (AvgIpc) is 2.96. The third-order valence-corrected chi connectivity index (χ3v) is 7.92. The van der Waals surface area contributed by atoms with E-state index in [0.717, 1.165) is 93.5 Å². The smallest absolute Gasteiger partial charge is 0.245 e. The number of hydrogen-bond acceptors (Lipinski definition) is 7. The number of benzene rings is 1. The fourth-order valence-corrected chi connectivity index (χ4v) is 5.40. The molecule has 2 fully saturated rings. The molecule has 1 N–H and O–H groups in total. The van der Waals surface area contributed by atoms with Crippen LogP contribution in [0, 0.1) is 5.92 Å². The van der Waals surface area contributed by atoms with E-state index >= 15 is 0 Å². The summed E-state index contributed by atoms with van der Waals surface area (Å²) < 4.78 is 0. The van der Waals surface area contributed by atoms with Crippen molar-refractivity contribution in [2.24, 2.45) is 5.92 Å². The van der Waals surface area contributed by atoms with Crippen molar-refractivity contribution in [3.05, 3.63) is 67.0 Å². The molecule has 2 amide bonds. The molecule has 3 aliphatic heterocycles. The Labute approximate surface area is 236 Å². The standard InChI is InChI=1S/C31H39N7O2/c1-4-6-7-29(40)36-18-16-35(17-19-36)27-12-10-26(11-13-27)33-31-32-20-25-9-8-23(3)38(30(25)34-31)15-14-24-21-37(22-24)28(39)5-2/h5,8-13,20,24H,2-4,6-7,14-19,21-22H2,1H3,(H,32,33,34). The van der Waals surface area contributed by atoms with E-state index in [4.69, 9.17) is 4.98 Å². The topological polar surface area (TPSA) is 84.9 Å². The number of aromatic nitrogens is 2. The van der Waals surface area contributed by atoms with Gasteiger partial charge < -0.3 is 24.9 Å². The maximum Gasteiger partial charge on any atom is 0.245 e. The Kier molecular flexibility index (Phi) is 8.48. The fraction of sp³-hybridized carbons (Fsp3) is 0.419. The van der Waals surface area contributed by atoms with Crippen molar-refractivity contribution in [1.82, 2.24) is 19.8 Å². The lowest BCUT2D eigenvalue weighted by Gasteiger charge is -2.40. The predicted octanol–water partition coefficient (Wildman–Crippen LogP) is 4.44. The van der Waals surface area contributed by atoms with Crippen LogP contribution >= 0.6 is 0 Å². The van der Waals surface area contributed by atoms with E-state index in [0.29, 0.717) is 18.3 Å². The molecule has 9 nitrogen and oxygen atoms in total. The van der Waals surface area contributed by atoms with Gasteiger partial charge in [0.25, 0.3) is 0 Å². The summed E-state index contributed by atoms with van der Waals surface area (Å²) in [6, 6.07) is 8.29. The predicted molar refractivity (Wildman–Crippen MR) is 160 cm³/mol. The number of rotatable bonds is 10. The van der Waals surface area contributed by atoms with Crippen LogP contribution in [0.5, 0.6) is 0 Å². The number of anilines is 4. The molecule has 0 spiro atoms. The summed E-state index contributed by atoms with van der Waals surface area (Å²) in [5.41, 5.74) is 3.91. The lowest BCUT2D eigenvalue weighted by atomic mass is 9.95. The van der Waals surface area contributed by atoms with Gasteiger partial charge >= 0.3 is 0 Å². The number of carbonyl (C=O) groups is 2. The summed E-state index contributed by atoms with van der Waals surface area (Å²) in [5.74, 6) is 2.11. The van der Waals surface area contributed by atoms with Gasteiger partial charge in [0.2, 0.25) is 17.8 Å². The van der Waals surface area contributed by atoms with Gasteiger partial charge in [-0.2, -0.15) is 4.98 Å². The minimum Gasteiger partial charge on any atom is -0.368 e. The molecule has 2 saturated heterocycles. The monoisotopic (exact) mass is 541 g/mol. The largest absolute Gasteiger partial charge is 0.368 e. The second-order valence-corrected chi connectivity index (χ2v) is 10.7. The molecule has 3 aliphatic rings. The number of unbranched alkanes of at least 4 members (excludes halogenated alkanes) is 1. The van der Waals surface area contributed by atoms with E-state index < -0.39 is 0 Å². The first kappa shape index (κ1) is 27.4. The quantitative estimate of drug-likeness (QED) is 0.445. The van der Waals surface area contributed by atoms with Crippen LogP contribution in [0.15, 0.2) is 61.5 Å². The van der Waals surface area contributed by atoms with Crippen molar-refractivity contribution in [2.75, 3.05) is 60.9 Å². The molecule has 0 saturated carbocycles. The van der Waals surface area contributed by atoms with Crippen LogP contribution in [0.3, 0.4) is 0 Å². The van der Waals surface area contributed by atoms with E-state index in [-0.39, 0.29) is 11.8 Å². The number of likely N-dealkylation sites (tertiary alicyclic amines) is 1. The first-order valence-electron chi connectivity index (χ1n) is 14.3. The van der Waals surface area contributed by atoms with Gasteiger partial charge in [0.05, 0.1) is 0 Å². The number of nitrogens with zero attached hydrogens (tertiary/aromatic N) is 6. The highest BCUT2D eigenvalue weighted by Gasteiger charge is 2.30. The third-order valence-electron chi connectivity index (χ3n) is 7.92. The van der Waals surface area contributed by atoms with Crippen LogP contribution in [-0.2, 0) is 9.59 Å². The Morgan fingerprint density at radius 2 is 1.82 bits per heavy atom. The molecular formula is C31H39N7O2. The highest BCUT2D eigenvalue weighted by atomic mass is 16.2. The molecule has 4 heterocycles. The van der Waals surface area contributed by atoms with Crippen LogP contribution in [-0.4, -0.2) is 77.4 Å². The molecule has 0 aliphatic carbocycles. The number of piperazine rings is 1. The summed E-state index contributed by atoms with van der Waals surface area (Å²) in [7, 11) is 0. The average molecular weight is 542 g/mol. The molecule has 0 bridgehead atoms. The van der Waals surface area contributed by atoms with E-state index in [1.54, 1.807) is 0 Å². The Morgan fingerprint density at radius 1 is 1.07 bits per heavy atom. The first-order valence-corrected chi connectivity index (χ1v) is 14.3. The summed E-state index contributed by atoms with van der Waals surface area (Å²) in [5, 5.41) is 3.35. The molecule has 1 aromatic heterocycles. The van der Waals surface area contributed by atoms with Crippen molar-refractivity contribution in [3.63, 3.8) is 0 Å². The van der Waals surface area contributed by atoms with Crippen LogP contribution < -0.4 is 15.1 Å². The molecule has 1 aromatic carbocycles. The van der Waals surface area contributed by atoms with Crippen molar-refractivity contribution < 1.29 is 9.59 Å². The number of carbonyl (C=O) groups excluding carboxylic acids is 2. The highest BCUT2D eigenvalue weighted by Crippen LogP contribution is 2.31. The second kappa shape index (κ2) is 12.4.